The zero-order valence-electron chi connectivity index (χ0n) is 11.6. The van der Waals surface area contributed by atoms with Crippen LogP contribution in [0.25, 0.3) is 0 Å². The molecule has 108 valence electrons. The van der Waals surface area contributed by atoms with Gasteiger partial charge in [-0.1, -0.05) is 25.5 Å². The van der Waals surface area contributed by atoms with E-state index in [0.29, 0.717) is 6.42 Å². The molecule has 4 atom stereocenters. The van der Waals surface area contributed by atoms with Crippen LogP contribution in [0.5, 0.6) is 0 Å². The molecule has 0 aromatic carbocycles. The van der Waals surface area contributed by atoms with Crippen LogP contribution in [0.4, 0.5) is 0 Å². The summed E-state index contributed by atoms with van der Waals surface area (Å²) in [5, 5.41) is 11.7. The summed E-state index contributed by atoms with van der Waals surface area (Å²) < 4.78 is 0. The fraction of sp³-hybridized carbons (Fsp3) is 0.714. The average Bonchev–Trinajstić information content (AvgIpc) is 2.76. The van der Waals surface area contributed by atoms with Crippen LogP contribution in [-0.4, -0.2) is 29.1 Å². The number of hydrogen-bond acceptors (Lipinski definition) is 3. The Morgan fingerprint density at radius 2 is 2.05 bits per heavy atom. The van der Waals surface area contributed by atoms with Gasteiger partial charge >= 0.3 is 5.97 Å². The van der Waals surface area contributed by atoms with E-state index in [2.05, 4.69) is 5.32 Å². The van der Waals surface area contributed by atoms with Crippen LogP contribution in [0.15, 0.2) is 12.2 Å². The van der Waals surface area contributed by atoms with Gasteiger partial charge in [0.05, 0.1) is 5.92 Å². The highest BCUT2D eigenvalue weighted by molar-refractivity contribution is 5.79. The molecule has 0 saturated heterocycles. The van der Waals surface area contributed by atoms with Crippen LogP contribution < -0.4 is 11.1 Å². The summed E-state index contributed by atoms with van der Waals surface area (Å²) >= 11 is 0. The van der Waals surface area contributed by atoms with Gasteiger partial charge in [0.1, 0.15) is 0 Å². The molecule has 4 unspecified atom stereocenters. The van der Waals surface area contributed by atoms with Crippen molar-refractivity contribution in [1.29, 1.82) is 0 Å². The second kappa shape index (κ2) is 7.28. The third-order valence-corrected chi connectivity index (χ3v) is 3.47. The first-order valence-corrected chi connectivity index (χ1v) is 6.87. The fourth-order valence-corrected chi connectivity index (χ4v) is 2.19. The van der Waals surface area contributed by atoms with E-state index in [0.717, 1.165) is 19.3 Å². The number of nitrogens with one attached hydrogen (secondary N) is 1. The largest absolute Gasteiger partial charge is 0.481 e. The van der Waals surface area contributed by atoms with Crippen LogP contribution >= 0.6 is 0 Å². The standard InChI is InChI=1S/C14H24N2O3/c1-9(4-3-5-10(2)15)13(17)16-12-7-6-11(8-12)14(18)19/h6-7,9-12H,3-5,8,15H2,1-2H3,(H,16,17)(H,18,19). The molecule has 0 radical (unpaired) electrons. The molecule has 0 aromatic rings. The second-order valence-corrected chi connectivity index (χ2v) is 5.49. The quantitative estimate of drug-likeness (QED) is 0.606. The van der Waals surface area contributed by atoms with Gasteiger partial charge in [0, 0.05) is 18.0 Å². The maximum absolute atomic E-state index is 11.9. The summed E-state index contributed by atoms with van der Waals surface area (Å²) in [5.41, 5.74) is 5.67. The Morgan fingerprint density at radius 3 is 2.58 bits per heavy atom. The molecular weight excluding hydrogens is 244 g/mol. The molecule has 0 heterocycles. The number of carboxylic acid groups (broad SMARTS) is 1. The Labute approximate surface area is 114 Å². The first kappa shape index (κ1) is 15.7. The number of nitrogens with two attached hydrogens (primary N) is 1. The Balaban J connectivity index is 2.27. The first-order valence-electron chi connectivity index (χ1n) is 6.87. The van der Waals surface area contributed by atoms with Crippen molar-refractivity contribution < 1.29 is 14.7 Å². The summed E-state index contributed by atoms with van der Waals surface area (Å²) in [6.07, 6.45) is 6.53. The van der Waals surface area contributed by atoms with Crippen molar-refractivity contribution in [2.75, 3.05) is 0 Å². The molecular formula is C14H24N2O3. The smallest absolute Gasteiger partial charge is 0.310 e. The summed E-state index contributed by atoms with van der Waals surface area (Å²) in [4.78, 5) is 22.7. The van der Waals surface area contributed by atoms with Gasteiger partial charge in [0.15, 0.2) is 0 Å². The Kier molecular flexibility index (Phi) is 6.02. The van der Waals surface area contributed by atoms with Crippen molar-refractivity contribution in [2.45, 2.75) is 51.6 Å². The van der Waals surface area contributed by atoms with E-state index in [-0.39, 0.29) is 23.9 Å². The highest BCUT2D eigenvalue weighted by atomic mass is 16.4. The van der Waals surface area contributed by atoms with Crippen LogP contribution in [0.1, 0.15) is 39.5 Å². The van der Waals surface area contributed by atoms with Gasteiger partial charge in [-0.3, -0.25) is 9.59 Å². The molecule has 1 aliphatic rings. The number of hydrogen-bond donors (Lipinski definition) is 3. The van der Waals surface area contributed by atoms with Crippen molar-refractivity contribution in [2.24, 2.45) is 17.6 Å². The number of carbonyl (C=O) groups is 2. The lowest BCUT2D eigenvalue weighted by molar-refractivity contribution is -0.140. The van der Waals surface area contributed by atoms with Crippen molar-refractivity contribution in [1.82, 2.24) is 5.32 Å². The van der Waals surface area contributed by atoms with Crippen molar-refractivity contribution >= 4 is 11.9 Å². The highest BCUT2D eigenvalue weighted by Gasteiger charge is 2.26. The topological polar surface area (TPSA) is 92.4 Å². The van der Waals surface area contributed by atoms with Crippen molar-refractivity contribution in [3.8, 4) is 0 Å². The van der Waals surface area contributed by atoms with Gasteiger partial charge < -0.3 is 16.2 Å². The number of rotatable bonds is 7. The molecule has 19 heavy (non-hydrogen) atoms. The summed E-state index contributed by atoms with van der Waals surface area (Å²) in [6, 6.07) is 0.0221. The highest BCUT2D eigenvalue weighted by Crippen LogP contribution is 2.19. The SMILES string of the molecule is CC(N)CCCC(C)C(=O)NC1C=CC(C(=O)O)C1. The predicted molar refractivity (Wildman–Crippen MR) is 73.5 cm³/mol. The molecule has 0 spiro atoms. The minimum Gasteiger partial charge on any atom is -0.481 e. The molecule has 1 aliphatic carbocycles. The van der Waals surface area contributed by atoms with Gasteiger partial charge in [-0.2, -0.15) is 0 Å². The Morgan fingerprint density at radius 1 is 1.37 bits per heavy atom. The Bertz CT molecular complexity index is 353. The monoisotopic (exact) mass is 268 g/mol. The molecule has 5 heteroatoms. The van der Waals surface area contributed by atoms with Crippen molar-refractivity contribution in [3.05, 3.63) is 12.2 Å². The van der Waals surface area contributed by atoms with Crippen molar-refractivity contribution in [3.63, 3.8) is 0 Å². The molecule has 0 bridgehead atoms. The Hall–Kier alpha value is -1.36. The van der Waals surface area contributed by atoms with E-state index >= 15 is 0 Å². The lowest BCUT2D eigenvalue weighted by atomic mass is 10.0. The third kappa shape index (κ3) is 5.42. The molecule has 0 fully saturated rings. The van der Waals surface area contributed by atoms with Gasteiger partial charge in [0.25, 0.3) is 0 Å². The zero-order chi connectivity index (χ0) is 14.4. The maximum atomic E-state index is 11.9. The molecule has 5 nitrogen and oxygen atoms in total. The molecule has 0 saturated carbocycles. The van der Waals surface area contributed by atoms with E-state index in [1.807, 2.05) is 13.8 Å². The van der Waals surface area contributed by atoms with Crippen LogP contribution in [0.2, 0.25) is 0 Å². The molecule has 0 aliphatic heterocycles. The van der Waals surface area contributed by atoms with E-state index in [9.17, 15) is 9.59 Å². The van der Waals surface area contributed by atoms with Crippen LogP contribution in [0.3, 0.4) is 0 Å². The first-order chi connectivity index (χ1) is 8.90. The number of carbonyl (C=O) groups excluding carboxylic acids is 1. The molecule has 0 aromatic heterocycles. The lowest BCUT2D eigenvalue weighted by Gasteiger charge is -2.16. The minimum atomic E-state index is -0.835. The number of carboxylic acids is 1. The van der Waals surface area contributed by atoms with E-state index in [4.69, 9.17) is 10.8 Å². The molecule has 1 amide bonds. The van der Waals surface area contributed by atoms with Gasteiger partial charge in [-0.15, -0.1) is 0 Å². The van der Waals surface area contributed by atoms with Crippen LogP contribution in [-0.2, 0) is 9.59 Å². The van der Waals surface area contributed by atoms with E-state index in [1.54, 1.807) is 12.2 Å². The van der Waals surface area contributed by atoms with Gasteiger partial charge in [-0.05, 0) is 26.2 Å². The predicted octanol–water partition coefficient (Wildman–Crippen LogP) is 1.29. The summed E-state index contributed by atoms with van der Waals surface area (Å²) in [5.74, 6) is -1.38. The van der Waals surface area contributed by atoms with E-state index < -0.39 is 11.9 Å². The number of aliphatic carboxylic acids is 1. The van der Waals surface area contributed by atoms with Gasteiger partial charge in [-0.25, -0.2) is 0 Å². The second-order valence-electron chi connectivity index (χ2n) is 5.49. The lowest BCUT2D eigenvalue weighted by Crippen LogP contribution is -2.37. The summed E-state index contributed by atoms with van der Waals surface area (Å²) in [6.45, 7) is 3.85. The number of amides is 1. The van der Waals surface area contributed by atoms with Crippen LogP contribution in [0, 0.1) is 11.8 Å². The fourth-order valence-electron chi connectivity index (χ4n) is 2.19. The minimum absolute atomic E-state index is 0.00892. The van der Waals surface area contributed by atoms with Gasteiger partial charge in [0.2, 0.25) is 5.91 Å². The third-order valence-electron chi connectivity index (χ3n) is 3.47. The molecule has 1 rings (SSSR count). The zero-order valence-corrected chi connectivity index (χ0v) is 11.6. The average molecular weight is 268 g/mol. The normalized spacial score (nSPS) is 25.0. The van der Waals surface area contributed by atoms with E-state index in [1.165, 1.54) is 0 Å². The molecule has 4 N–H and O–H groups in total. The summed E-state index contributed by atoms with van der Waals surface area (Å²) in [7, 11) is 0. The maximum Gasteiger partial charge on any atom is 0.310 e.